The molecule has 0 aromatic heterocycles. The average molecular weight is 269 g/mol. The van der Waals surface area contributed by atoms with Gasteiger partial charge in [-0.25, -0.2) is 0 Å². The summed E-state index contributed by atoms with van der Waals surface area (Å²) in [5, 5.41) is 0. The monoisotopic (exact) mass is 269 g/mol. The Hall–Kier alpha value is -2.29. The highest BCUT2D eigenvalue weighted by Gasteiger charge is 2.11. The van der Waals surface area contributed by atoms with E-state index < -0.39 is 5.91 Å². The zero-order valence-corrected chi connectivity index (χ0v) is 11.8. The second kappa shape index (κ2) is 6.24. The second-order valence-corrected chi connectivity index (χ2v) is 4.53. The largest absolute Gasteiger partial charge is 0.493 e. The van der Waals surface area contributed by atoms with E-state index in [0.29, 0.717) is 12.2 Å². The van der Waals surface area contributed by atoms with Crippen molar-refractivity contribution in [3.05, 3.63) is 53.6 Å². The lowest BCUT2D eigenvalue weighted by atomic mass is 9.98. The molecule has 20 heavy (non-hydrogen) atoms. The molecular formula is C17H19NO2. The summed E-state index contributed by atoms with van der Waals surface area (Å²) in [4.78, 5) is 11.3. The molecule has 0 aliphatic carbocycles. The number of carbonyl (C=O) groups excluding carboxylic acids is 1. The van der Waals surface area contributed by atoms with Gasteiger partial charge in [-0.2, -0.15) is 0 Å². The van der Waals surface area contributed by atoms with Gasteiger partial charge in [-0.3, -0.25) is 4.79 Å². The Bertz CT molecular complexity index is 620. The minimum Gasteiger partial charge on any atom is -0.493 e. The molecule has 0 saturated heterocycles. The highest BCUT2D eigenvalue weighted by atomic mass is 16.5. The molecule has 3 nitrogen and oxygen atoms in total. The first-order chi connectivity index (χ1) is 9.67. The third kappa shape index (κ3) is 2.82. The Morgan fingerprint density at radius 2 is 1.90 bits per heavy atom. The maximum absolute atomic E-state index is 11.3. The van der Waals surface area contributed by atoms with E-state index in [-0.39, 0.29) is 0 Å². The van der Waals surface area contributed by atoms with Crippen molar-refractivity contribution in [2.75, 3.05) is 6.61 Å². The number of benzene rings is 2. The van der Waals surface area contributed by atoms with Crippen molar-refractivity contribution >= 4 is 5.91 Å². The molecule has 0 radical (unpaired) electrons. The predicted octanol–water partition coefficient (Wildman–Crippen LogP) is 3.41. The molecule has 2 N–H and O–H groups in total. The molecule has 0 aliphatic rings. The van der Waals surface area contributed by atoms with Crippen molar-refractivity contribution in [2.24, 2.45) is 5.73 Å². The van der Waals surface area contributed by atoms with Crippen LogP contribution in [0, 0.1) is 0 Å². The zero-order valence-electron chi connectivity index (χ0n) is 11.8. The lowest BCUT2D eigenvalue weighted by Crippen LogP contribution is -2.10. The quantitative estimate of drug-likeness (QED) is 0.904. The summed E-state index contributed by atoms with van der Waals surface area (Å²) in [5.74, 6) is 0.468. The van der Waals surface area contributed by atoms with Gasteiger partial charge in [0.15, 0.2) is 0 Å². The third-order valence-corrected chi connectivity index (χ3v) is 3.22. The first-order valence-corrected chi connectivity index (χ1v) is 6.82. The molecule has 104 valence electrons. The summed E-state index contributed by atoms with van der Waals surface area (Å²) in [6.07, 6.45) is 0.901. The summed E-state index contributed by atoms with van der Waals surface area (Å²) >= 11 is 0. The molecule has 0 aliphatic heterocycles. The number of primary amides is 1. The molecule has 0 spiro atoms. The second-order valence-electron chi connectivity index (χ2n) is 4.53. The fourth-order valence-electron chi connectivity index (χ4n) is 2.25. The first-order valence-electron chi connectivity index (χ1n) is 6.82. The van der Waals surface area contributed by atoms with Gasteiger partial charge in [0, 0.05) is 11.1 Å². The van der Waals surface area contributed by atoms with Crippen LogP contribution >= 0.6 is 0 Å². The van der Waals surface area contributed by atoms with Gasteiger partial charge in [0.2, 0.25) is 5.91 Å². The van der Waals surface area contributed by atoms with Gasteiger partial charge < -0.3 is 10.5 Å². The number of amides is 1. The SMILES string of the molecule is CCOc1c(CC)cccc1-c1cccc(C(N)=O)c1. The van der Waals surface area contributed by atoms with Crippen LogP contribution in [-0.2, 0) is 6.42 Å². The normalized spacial score (nSPS) is 10.3. The molecule has 0 atom stereocenters. The molecule has 0 fully saturated rings. The molecule has 0 saturated carbocycles. The summed E-state index contributed by atoms with van der Waals surface area (Å²) in [6.45, 7) is 4.68. The van der Waals surface area contributed by atoms with Crippen molar-refractivity contribution in [2.45, 2.75) is 20.3 Å². The van der Waals surface area contributed by atoms with Crippen molar-refractivity contribution < 1.29 is 9.53 Å². The number of rotatable bonds is 5. The fraction of sp³-hybridized carbons (Fsp3) is 0.235. The Kier molecular flexibility index (Phi) is 4.41. The highest BCUT2D eigenvalue weighted by Crippen LogP contribution is 2.34. The number of ether oxygens (including phenoxy) is 1. The Morgan fingerprint density at radius 3 is 2.55 bits per heavy atom. The van der Waals surface area contributed by atoms with Crippen LogP contribution in [-0.4, -0.2) is 12.5 Å². The molecule has 0 bridgehead atoms. The van der Waals surface area contributed by atoms with Crippen LogP contribution in [0.15, 0.2) is 42.5 Å². The minimum atomic E-state index is -0.420. The molecule has 2 aromatic carbocycles. The summed E-state index contributed by atoms with van der Waals surface area (Å²) in [7, 11) is 0. The van der Waals surface area contributed by atoms with Crippen LogP contribution in [0.1, 0.15) is 29.8 Å². The van der Waals surface area contributed by atoms with E-state index in [1.807, 2.05) is 31.2 Å². The lowest BCUT2D eigenvalue weighted by molar-refractivity contribution is 0.100. The number of carbonyl (C=O) groups is 1. The van der Waals surface area contributed by atoms with Gasteiger partial charge in [0.05, 0.1) is 6.61 Å². The smallest absolute Gasteiger partial charge is 0.248 e. The Morgan fingerprint density at radius 1 is 1.15 bits per heavy atom. The number of aryl methyl sites for hydroxylation is 1. The molecule has 0 unspecified atom stereocenters. The number of para-hydroxylation sites is 1. The van der Waals surface area contributed by atoms with Crippen molar-refractivity contribution in [1.82, 2.24) is 0 Å². The summed E-state index contributed by atoms with van der Waals surface area (Å²) in [5.41, 5.74) is 8.95. The van der Waals surface area contributed by atoms with E-state index in [2.05, 4.69) is 13.0 Å². The van der Waals surface area contributed by atoms with Gasteiger partial charge in [-0.05, 0) is 36.6 Å². The minimum absolute atomic E-state index is 0.420. The topological polar surface area (TPSA) is 52.3 Å². The van der Waals surface area contributed by atoms with Crippen LogP contribution in [0.3, 0.4) is 0 Å². The van der Waals surface area contributed by atoms with E-state index in [1.165, 1.54) is 0 Å². The summed E-state index contributed by atoms with van der Waals surface area (Å²) < 4.78 is 5.80. The maximum Gasteiger partial charge on any atom is 0.248 e. The van der Waals surface area contributed by atoms with Crippen LogP contribution in [0.25, 0.3) is 11.1 Å². The van der Waals surface area contributed by atoms with E-state index in [0.717, 1.165) is 28.9 Å². The number of nitrogens with two attached hydrogens (primary N) is 1. The molecule has 2 aromatic rings. The van der Waals surface area contributed by atoms with Crippen LogP contribution < -0.4 is 10.5 Å². The van der Waals surface area contributed by atoms with E-state index >= 15 is 0 Å². The van der Waals surface area contributed by atoms with Crippen LogP contribution in [0.2, 0.25) is 0 Å². The maximum atomic E-state index is 11.3. The molecule has 3 heteroatoms. The van der Waals surface area contributed by atoms with E-state index in [4.69, 9.17) is 10.5 Å². The fourth-order valence-corrected chi connectivity index (χ4v) is 2.25. The standard InChI is InChI=1S/C17H19NO2/c1-3-12-7-6-10-15(16(12)20-4-2)13-8-5-9-14(11-13)17(18)19/h5-11H,3-4H2,1-2H3,(H2,18,19). The van der Waals surface area contributed by atoms with Crippen molar-refractivity contribution in [3.63, 3.8) is 0 Å². The summed E-state index contributed by atoms with van der Waals surface area (Å²) in [6, 6.07) is 13.4. The Labute approximate surface area is 119 Å². The van der Waals surface area contributed by atoms with Crippen LogP contribution in [0.4, 0.5) is 0 Å². The third-order valence-electron chi connectivity index (χ3n) is 3.22. The average Bonchev–Trinajstić information content (AvgIpc) is 2.48. The molecule has 2 rings (SSSR count). The van der Waals surface area contributed by atoms with Gasteiger partial charge in [0.25, 0.3) is 0 Å². The molecule has 0 heterocycles. The molecular weight excluding hydrogens is 250 g/mol. The van der Waals surface area contributed by atoms with Crippen molar-refractivity contribution in [3.8, 4) is 16.9 Å². The van der Waals surface area contributed by atoms with Gasteiger partial charge in [-0.15, -0.1) is 0 Å². The van der Waals surface area contributed by atoms with Gasteiger partial charge >= 0.3 is 0 Å². The first kappa shape index (κ1) is 14.1. The van der Waals surface area contributed by atoms with Gasteiger partial charge in [-0.1, -0.05) is 37.3 Å². The van der Waals surface area contributed by atoms with E-state index in [1.54, 1.807) is 12.1 Å². The number of hydrogen-bond donors (Lipinski definition) is 1. The van der Waals surface area contributed by atoms with Crippen LogP contribution in [0.5, 0.6) is 5.75 Å². The lowest BCUT2D eigenvalue weighted by Gasteiger charge is -2.14. The zero-order chi connectivity index (χ0) is 14.5. The Balaban J connectivity index is 2.56. The van der Waals surface area contributed by atoms with E-state index in [9.17, 15) is 4.79 Å². The number of hydrogen-bond acceptors (Lipinski definition) is 2. The highest BCUT2D eigenvalue weighted by molar-refractivity contribution is 5.94. The van der Waals surface area contributed by atoms with Crippen molar-refractivity contribution in [1.29, 1.82) is 0 Å². The predicted molar refractivity (Wildman–Crippen MR) is 80.9 cm³/mol. The van der Waals surface area contributed by atoms with Gasteiger partial charge in [0.1, 0.15) is 5.75 Å². The molecule has 1 amide bonds.